The number of methoxy groups -OCH3 is 1. The average molecular weight is 525 g/mol. The minimum Gasteiger partial charge on any atom is -0.497 e. The number of anilines is 4. The molecule has 11 heteroatoms. The highest BCUT2D eigenvalue weighted by atomic mass is 35.5. The number of nitrogens with zero attached hydrogens (tertiary/aromatic N) is 3. The number of carbonyl (C=O) groups is 1. The second-order valence-electron chi connectivity index (χ2n) is 7.97. The zero-order chi connectivity index (χ0) is 25.0. The molecule has 3 aromatic rings. The summed E-state index contributed by atoms with van der Waals surface area (Å²) in [5, 5.41) is 16.8. The van der Waals surface area contributed by atoms with Gasteiger partial charge in [-0.05, 0) is 57.2 Å². The number of urea groups is 1. The second kappa shape index (κ2) is 10.7. The Labute approximate surface area is 212 Å². The Kier molecular flexibility index (Phi) is 8.09. The van der Waals surface area contributed by atoms with Crippen LogP contribution in [0.3, 0.4) is 0 Å². The fourth-order valence-corrected chi connectivity index (χ4v) is 3.38. The molecule has 2 amide bonds. The first-order valence-electron chi connectivity index (χ1n) is 10.2. The van der Waals surface area contributed by atoms with Gasteiger partial charge in [0.05, 0.1) is 45.2 Å². The van der Waals surface area contributed by atoms with Gasteiger partial charge in [-0.3, -0.25) is 0 Å². The first-order chi connectivity index (χ1) is 16.0. The van der Waals surface area contributed by atoms with E-state index in [0.717, 1.165) is 0 Å². The smallest absolute Gasteiger partial charge is 0.332 e. The van der Waals surface area contributed by atoms with Crippen molar-refractivity contribution >= 4 is 64.0 Å². The van der Waals surface area contributed by atoms with Gasteiger partial charge >= 0.3 is 6.03 Å². The van der Waals surface area contributed by atoms with Crippen LogP contribution in [-0.4, -0.2) is 39.9 Å². The molecule has 0 radical (unpaired) electrons. The summed E-state index contributed by atoms with van der Waals surface area (Å²) < 4.78 is 5.22. The zero-order valence-corrected chi connectivity index (χ0v) is 21.2. The molecule has 1 aromatic heterocycles. The van der Waals surface area contributed by atoms with Crippen LogP contribution in [0.4, 0.5) is 27.9 Å². The summed E-state index contributed by atoms with van der Waals surface area (Å²) in [6.07, 6.45) is 1.51. The van der Waals surface area contributed by atoms with Crippen molar-refractivity contribution in [3.05, 3.63) is 63.7 Å². The van der Waals surface area contributed by atoms with Crippen LogP contribution in [0.25, 0.3) is 0 Å². The molecule has 0 aliphatic heterocycles. The van der Waals surface area contributed by atoms with Gasteiger partial charge < -0.3 is 20.5 Å². The molecule has 0 spiro atoms. The van der Waals surface area contributed by atoms with E-state index in [1.165, 1.54) is 23.2 Å². The van der Waals surface area contributed by atoms with Crippen molar-refractivity contribution in [3.8, 4) is 5.75 Å². The molecule has 0 aliphatic rings. The molecule has 0 saturated carbocycles. The van der Waals surface area contributed by atoms with E-state index in [9.17, 15) is 9.90 Å². The fraction of sp³-hybridized carbons (Fsp3) is 0.261. The van der Waals surface area contributed by atoms with E-state index in [4.69, 9.17) is 39.5 Å². The number of aliphatic hydroxyl groups is 1. The number of ether oxygens (including phenoxy) is 1. The number of benzene rings is 2. The second-order valence-corrected chi connectivity index (χ2v) is 9.19. The minimum atomic E-state index is -1.02. The molecule has 2 aromatic carbocycles. The highest BCUT2D eigenvalue weighted by molar-refractivity contribution is 6.44. The maximum Gasteiger partial charge on any atom is 0.332 e. The topological polar surface area (TPSA) is 99.6 Å². The molecular weight excluding hydrogens is 501 g/mol. The Morgan fingerprint density at radius 1 is 1.09 bits per heavy atom. The van der Waals surface area contributed by atoms with Crippen LogP contribution in [-0.2, 0) is 0 Å². The molecule has 1 atom stereocenters. The molecule has 8 nitrogen and oxygen atoms in total. The number of amides is 2. The van der Waals surface area contributed by atoms with Crippen LogP contribution in [0, 0.1) is 0 Å². The summed E-state index contributed by atoms with van der Waals surface area (Å²) in [4.78, 5) is 23.5. The number of hydrogen-bond acceptors (Lipinski definition) is 6. The Morgan fingerprint density at radius 2 is 1.74 bits per heavy atom. The zero-order valence-electron chi connectivity index (χ0n) is 18.9. The van der Waals surface area contributed by atoms with Gasteiger partial charge in [0.2, 0.25) is 5.95 Å². The molecule has 0 saturated heterocycles. The normalized spacial score (nSPS) is 12.1. The highest BCUT2D eigenvalue weighted by Crippen LogP contribution is 2.34. The van der Waals surface area contributed by atoms with Crippen LogP contribution >= 0.6 is 34.8 Å². The van der Waals surface area contributed by atoms with Gasteiger partial charge in [-0.2, -0.15) is 4.98 Å². The monoisotopic (exact) mass is 523 g/mol. The van der Waals surface area contributed by atoms with Gasteiger partial charge in [-0.15, -0.1) is 0 Å². The standard InChI is InChI=1S/C23H24Cl3N5O3/c1-13(23(2,3)33)28-21-27-10-9-20(30-21)31(14-5-7-15(34-4)8-6-14)22(32)29-19-12-17(25)16(24)11-18(19)26/h5-13,33H,1-4H3,(H,29,32)(H,27,28,30)/t13-/m0/s1. The molecule has 3 rings (SSSR count). The van der Waals surface area contributed by atoms with Gasteiger partial charge in [0, 0.05) is 12.3 Å². The number of halogens is 3. The molecule has 34 heavy (non-hydrogen) atoms. The predicted octanol–water partition coefficient (Wildman–Crippen LogP) is 6.39. The first kappa shape index (κ1) is 25.8. The van der Waals surface area contributed by atoms with Gasteiger partial charge in [0.15, 0.2) is 0 Å². The maximum atomic E-state index is 13.4. The Morgan fingerprint density at radius 3 is 2.35 bits per heavy atom. The van der Waals surface area contributed by atoms with Crippen molar-refractivity contribution in [1.82, 2.24) is 9.97 Å². The van der Waals surface area contributed by atoms with Crippen LogP contribution in [0.2, 0.25) is 15.1 Å². The van der Waals surface area contributed by atoms with E-state index in [1.807, 2.05) is 0 Å². The fourth-order valence-electron chi connectivity index (χ4n) is 2.79. The number of hydrogen-bond donors (Lipinski definition) is 3. The number of rotatable bonds is 7. The molecule has 0 aliphatic carbocycles. The van der Waals surface area contributed by atoms with Crippen LogP contribution in [0.5, 0.6) is 5.75 Å². The summed E-state index contributed by atoms with van der Waals surface area (Å²) in [7, 11) is 1.55. The summed E-state index contributed by atoms with van der Waals surface area (Å²) in [6.45, 7) is 5.15. The van der Waals surface area contributed by atoms with E-state index >= 15 is 0 Å². The van der Waals surface area contributed by atoms with Gasteiger partial charge in [-0.1, -0.05) is 34.8 Å². The van der Waals surface area contributed by atoms with E-state index in [2.05, 4.69) is 20.6 Å². The van der Waals surface area contributed by atoms with Crippen LogP contribution in [0.1, 0.15) is 20.8 Å². The Balaban J connectivity index is 2.00. The van der Waals surface area contributed by atoms with E-state index in [0.29, 0.717) is 11.4 Å². The van der Waals surface area contributed by atoms with Crippen molar-refractivity contribution in [2.45, 2.75) is 32.4 Å². The van der Waals surface area contributed by atoms with Crippen molar-refractivity contribution in [1.29, 1.82) is 0 Å². The molecular formula is C23H24Cl3N5O3. The van der Waals surface area contributed by atoms with Gasteiger partial charge in [0.25, 0.3) is 0 Å². The highest BCUT2D eigenvalue weighted by Gasteiger charge is 2.25. The third-order valence-electron chi connectivity index (χ3n) is 5.06. The number of carbonyl (C=O) groups excluding carboxylic acids is 1. The number of nitrogens with one attached hydrogen (secondary N) is 2. The van der Waals surface area contributed by atoms with Gasteiger partial charge in [0.1, 0.15) is 11.6 Å². The molecule has 3 N–H and O–H groups in total. The largest absolute Gasteiger partial charge is 0.497 e. The van der Waals surface area contributed by atoms with Crippen LogP contribution < -0.4 is 20.3 Å². The quantitative estimate of drug-likeness (QED) is 0.310. The summed E-state index contributed by atoms with van der Waals surface area (Å²) in [5.41, 5.74) is -0.228. The third kappa shape index (κ3) is 6.21. The number of aromatic nitrogens is 2. The molecule has 0 fully saturated rings. The molecule has 180 valence electrons. The summed E-state index contributed by atoms with van der Waals surface area (Å²) in [6, 6.07) is 10.5. The lowest BCUT2D eigenvalue weighted by Crippen LogP contribution is -2.40. The van der Waals surface area contributed by atoms with E-state index in [1.54, 1.807) is 58.2 Å². The molecule has 0 unspecified atom stereocenters. The lowest BCUT2D eigenvalue weighted by molar-refractivity contribution is 0.0646. The van der Waals surface area contributed by atoms with Crippen molar-refractivity contribution in [2.24, 2.45) is 0 Å². The van der Waals surface area contributed by atoms with Gasteiger partial charge in [-0.25, -0.2) is 14.7 Å². The minimum absolute atomic E-state index is 0.224. The van der Waals surface area contributed by atoms with E-state index < -0.39 is 11.6 Å². The lowest BCUT2D eigenvalue weighted by Gasteiger charge is -2.27. The maximum absolute atomic E-state index is 13.4. The van der Waals surface area contributed by atoms with Crippen LogP contribution in [0.15, 0.2) is 48.7 Å². The Bertz CT molecular complexity index is 1170. The third-order valence-corrected chi connectivity index (χ3v) is 6.10. The predicted molar refractivity (Wildman–Crippen MR) is 137 cm³/mol. The van der Waals surface area contributed by atoms with Crippen molar-refractivity contribution in [3.63, 3.8) is 0 Å². The van der Waals surface area contributed by atoms with Crippen molar-refractivity contribution in [2.75, 3.05) is 22.6 Å². The summed E-state index contributed by atoms with van der Waals surface area (Å²) in [5.74, 6) is 1.14. The van der Waals surface area contributed by atoms with Crippen molar-refractivity contribution < 1.29 is 14.6 Å². The average Bonchev–Trinajstić information content (AvgIpc) is 2.78. The van der Waals surface area contributed by atoms with E-state index in [-0.39, 0.29) is 38.6 Å². The lowest BCUT2D eigenvalue weighted by atomic mass is 10.0. The SMILES string of the molecule is COc1ccc(N(C(=O)Nc2cc(Cl)c(Cl)cc2Cl)c2ccnc(N[C@@H](C)C(C)(C)O)n2)cc1. The first-order valence-corrected chi connectivity index (χ1v) is 11.3. The summed E-state index contributed by atoms with van der Waals surface area (Å²) >= 11 is 18.4. The molecule has 1 heterocycles. The Hall–Kier alpha value is -2.78. The molecule has 0 bridgehead atoms.